The number of thioether (sulfide) groups is 1. The van der Waals surface area contributed by atoms with E-state index in [1.807, 2.05) is 23.9 Å². The maximum absolute atomic E-state index is 2.99. The van der Waals surface area contributed by atoms with Crippen molar-refractivity contribution in [2.24, 2.45) is 11.8 Å². The molecule has 1 heterocycles. The van der Waals surface area contributed by atoms with Gasteiger partial charge in [-0.05, 0) is 10.8 Å². The second-order valence-corrected chi connectivity index (χ2v) is 8.91. The first-order valence-electron chi connectivity index (χ1n) is 7.02. The van der Waals surface area contributed by atoms with Crippen LogP contribution in [-0.4, -0.2) is 3.21 Å². The van der Waals surface area contributed by atoms with E-state index in [0.29, 0.717) is 11.8 Å². The largest absolute Gasteiger partial charge is 1.00 e. The molecule has 22 heavy (non-hydrogen) atoms. The standard InChI is InChI=1S/C10H12S.C5H5.C3H6.2ClH.Zr/c1-7(2)10-6-8-4-3-5-9(8)11-10;1-2-4-5-3-1;1-3-2;;;/h3-8H,1-2H3;1-3H,4H2;1-2H3;2*1H;/q;-1;;;;+2/p-2. The Morgan fingerprint density at radius 3 is 2.27 bits per heavy atom. The van der Waals surface area contributed by atoms with Crippen molar-refractivity contribution in [1.82, 2.24) is 0 Å². The third kappa shape index (κ3) is 10.2. The number of hydrogen-bond acceptors (Lipinski definition) is 1. The predicted octanol–water partition coefficient (Wildman–Crippen LogP) is -0.598. The Morgan fingerprint density at radius 2 is 1.91 bits per heavy atom. The molecule has 1 aliphatic heterocycles. The van der Waals surface area contributed by atoms with Crippen molar-refractivity contribution >= 4 is 15.0 Å². The van der Waals surface area contributed by atoms with Crippen molar-refractivity contribution in [3.05, 3.63) is 58.4 Å². The summed E-state index contributed by atoms with van der Waals surface area (Å²) in [6.07, 6.45) is 19.0. The molecule has 0 spiro atoms. The summed E-state index contributed by atoms with van der Waals surface area (Å²) < 4.78 is 1.51. The van der Waals surface area contributed by atoms with Gasteiger partial charge < -0.3 is 24.8 Å². The van der Waals surface area contributed by atoms with Crippen LogP contribution in [0.1, 0.15) is 34.1 Å². The number of allylic oxidation sites excluding steroid dienone is 10. The number of rotatable bonds is 1. The molecule has 0 aromatic heterocycles. The zero-order valence-corrected chi connectivity index (χ0v) is 18.4. The van der Waals surface area contributed by atoms with Gasteiger partial charge in [0.2, 0.25) is 0 Å². The molecule has 0 N–H and O–H groups in total. The molecule has 1 unspecified atom stereocenters. The molecular weight excluding hydrogens is 410 g/mol. The topological polar surface area (TPSA) is 0 Å². The Hall–Kier alpha value is 0.383. The Balaban J connectivity index is 0. The van der Waals surface area contributed by atoms with Crippen LogP contribution in [0.2, 0.25) is 0 Å². The van der Waals surface area contributed by atoms with Crippen LogP contribution in [0.5, 0.6) is 0 Å². The fourth-order valence-electron chi connectivity index (χ4n) is 1.71. The first-order chi connectivity index (χ1) is 9.50. The van der Waals surface area contributed by atoms with Crippen LogP contribution in [0, 0.1) is 17.9 Å². The molecular formula is C18H23Cl2SZr-. The number of fused-ring (bicyclic) bond motifs is 1. The third-order valence-corrected chi connectivity index (χ3v) is 4.13. The summed E-state index contributed by atoms with van der Waals surface area (Å²) in [4.78, 5) is 3.04. The molecule has 0 aromatic carbocycles. The average molecular weight is 434 g/mol. The van der Waals surface area contributed by atoms with Crippen LogP contribution in [0.4, 0.5) is 0 Å². The fourth-order valence-corrected chi connectivity index (χ4v) is 2.87. The average Bonchev–Trinajstić information content (AvgIpc) is 3.07. The Bertz CT molecular complexity index is 471. The van der Waals surface area contributed by atoms with Crippen LogP contribution >= 0.6 is 11.8 Å². The van der Waals surface area contributed by atoms with Crippen LogP contribution in [0.3, 0.4) is 0 Å². The summed E-state index contributed by atoms with van der Waals surface area (Å²) in [5, 5.41) is 0. The molecule has 0 nitrogen and oxygen atoms in total. The van der Waals surface area contributed by atoms with Crippen molar-refractivity contribution in [1.29, 1.82) is 0 Å². The molecule has 0 radical (unpaired) electrons. The molecule has 3 aliphatic rings. The Kier molecular flexibility index (Phi) is 15.4. The van der Waals surface area contributed by atoms with Gasteiger partial charge in [-0.1, -0.05) is 49.9 Å². The minimum atomic E-state index is 0. The van der Waals surface area contributed by atoms with Crippen molar-refractivity contribution in [2.45, 2.75) is 34.1 Å². The van der Waals surface area contributed by atoms with Crippen molar-refractivity contribution < 1.29 is 49.0 Å². The van der Waals surface area contributed by atoms with Gasteiger partial charge in [-0.15, -0.1) is 6.42 Å². The van der Waals surface area contributed by atoms with Gasteiger partial charge in [0, 0.05) is 10.8 Å². The molecule has 1 atom stereocenters. The van der Waals surface area contributed by atoms with Gasteiger partial charge in [0.15, 0.2) is 0 Å². The predicted molar refractivity (Wildman–Crippen MR) is 89.2 cm³/mol. The molecule has 4 heteroatoms. The van der Waals surface area contributed by atoms with E-state index >= 15 is 0 Å². The SMILES string of the molecule is CC(C)C1=CC2C=CC=C2S1.C[C](C)=[Zr+2].[C-]1=CC=CC1.[Cl-].[Cl-]. The van der Waals surface area contributed by atoms with Gasteiger partial charge >= 0.3 is 41.3 Å². The van der Waals surface area contributed by atoms with Gasteiger partial charge in [0.05, 0.1) is 0 Å². The quantitative estimate of drug-likeness (QED) is 0.498. The van der Waals surface area contributed by atoms with E-state index in [9.17, 15) is 0 Å². The summed E-state index contributed by atoms with van der Waals surface area (Å²) in [6, 6.07) is 0. The van der Waals surface area contributed by atoms with E-state index in [4.69, 9.17) is 0 Å². The van der Waals surface area contributed by atoms with E-state index in [-0.39, 0.29) is 24.8 Å². The molecule has 0 bridgehead atoms. The molecule has 0 aromatic rings. The second kappa shape index (κ2) is 13.8. The van der Waals surface area contributed by atoms with Crippen LogP contribution < -0.4 is 24.8 Å². The number of hydrogen-bond donors (Lipinski definition) is 0. The van der Waals surface area contributed by atoms with Gasteiger partial charge in [0.25, 0.3) is 0 Å². The normalized spacial score (nSPS) is 19.0. The molecule has 2 aliphatic carbocycles. The van der Waals surface area contributed by atoms with E-state index in [2.05, 4.69) is 64.2 Å². The Labute approximate surface area is 167 Å². The molecule has 0 saturated carbocycles. The van der Waals surface area contributed by atoms with Gasteiger partial charge in [-0.2, -0.15) is 6.08 Å². The van der Waals surface area contributed by atoms with E-state index in [1.165, 1.54) is 13.0 Å². The molecule has 120 valence electrons. The summed E-state index contributed by atoms with van der Waals surface area (Å²) >= 11 is 3.50. The summed E-state index contributed by atoms with van der Waals surface area (Å²) in [6.45, 7) is 8.75. The van der Waals surface area contributed by atoms with Crippen LogP contribution in [0.15, 0.2) is 52.3 Å². The molecule has 0 amide bonds. The zero-order valence-electron chi connectivity index (χ0n) is 13.6. The molecule has 0 saturated heterocycles. The number of halogens is 2. The van der Waals surface area contributed by atoms with Crippen molar-refractivity contribution in [3.8, 4) is 0 Å². The summed E-state index contributed by atoms with van der Waals surface area (Å²) in [7, 11) is 0. The second-order valence-electron chi connectivity index (χ2n) is 5.31. The maximum Gasteiger partial charge on any atom is -0.109 e. The molecule has 0 fully saturated rings. The fraction of sp³-hybridized carbons (Fsp3) is 0.389. The zero-order chi connectivity index (χ0) is 15.0. The monoisotopic (exact) mass is 431 g/mol. The van der Waals surface area contributed by atoms with E-state index in [0.717, 1.165) is 6.42 Å². The minimum absolute atomic E-state index is 0. The first kappa shape index (κ1) is 24.6. The van der Waals surface area contributed by atoms with Gasteiger partial charge in [-0.25, -0.2) is 12.2 Å². The van der Waals surface area contributed by atoms with E-state index in [1.54, 1.807) is 24.2 Å². The smallest absolute Gasteiger partial charge is 0.109 e. The summed E-state index contributed by atoms with van der Waals surface area (Å²) in [5.74, 6) is 1.32. The first-order valence-corrected chi connectivity index (χ1v) is 9.06. The summed E-state index contributed by atoms with van der Waals surface area (Å²) in [5.41, 5.74) is 0. The Morgan fingerprint density at radius 1 is 1.27 bits per heavy atom. The van der Waals surface area contributed by atoms with Crippen LogP contribution in [-0.2, 0) is 24.2 Å². The van der Waals surface area contributed by atoms with Gasteiger partial charge in [0.1, 0.15) is 0 Å². The maximum atomic E-state index is 2.99. The van der Waals surface area contributed by atoms with Crippen molar-refractivity contribution in [2.75, 3.05) is 0 Å². The minimum Gasteiger partial charge on any atom is -1.00 e. The van der Waals surface area contributed by atoms with Crippen molar-refractivity contribution in [3.63, 3.8) is 0 Å². The van der Waals surface area contributed by atoms with Gasteiger partial charge in [-0.3, -0.25) is 6.08 Å². The third-order valence-electron chi connectivity index (χ3n) is 2.64. The molecule has 3 rings (SSSR count). The van der Waals surface area contributed by atoms with E-state index < -0.39 is 0 Å². The van der Waals surface area contributed by atoms with Crippen LogP contribution in [0.25, 0.3) is 0 Å².